The second-order valence-corrected chi connectivity index (χ2v) is 4.83. The fourth-order valence-corrected chi connectivity index (χ4v) is 2.63. The van der Waals surface area contributed by atoms with E-state index in [0.29, 0.717) is 5.92 Å². The molecular weight excluding hydrogens is 186 g/mol. The molecule has 2 heterocycles. The van der Waals surface area contributed by atoms with Gasteiger partial charge in [0, 0.05) is 12.7 Å². The maximum Gasteiger partial charge on any atom is 0.0596 e. The Morgan fingerprint density at radius 3 is 3.00 bits per heavy atom. The Morgan fingerprint density at radius 1 is 1.67 bits per heavy atom. The predicted molar refractivity (Wildman–Crippen MR) is 62.0 cm³/mol. The summed E-state index contributed by atoms with van der Waals surface area (Å²) in [5.41, 5.74) is 2.50. The molecule has 2 rings (SSSR count). The standard InChI is InChI=1S/C12H21N3/c1-9(6-11-4-5-13-8-11)12-7-10(2)14-15(12)3/h7,9,11,13H,4-6,8H2,1-3H3. The van der Waals surface area contributed by atoms with Gasteiger partial charge < -0.3 is 5.32 Å². The Kier molecular flexibility index (Phi) is 3.10. The summed E-state index contributed by atoms with van der Waals surface area (Å²) >= 11 is 0. The fourth-order valence-electron chi connectivity index (χ4n) is 2.63. The van der Waals surface area contributed by atoms with Crippen molar-refractivity contribution in [3.05, 3.63) is 17.5 Å². The molecule has 2 unspecified atom stereocenters. The molecule has 1 N–H and O–H groups in total. The largest absolute Gasteiger partial charge is 0.316 e. The van der Waals surface area contributed by atoms with Gasteiger partial charge in [-0.15, -0.1) is 0 Å². The predicted octanol–water partition coefficient (Wildman–Crippen LogP) is 1.83. The van der Waals surface area contributed by atoms with Crippen molar-refractivity contribution in [1.82, 2.24) is 15.1 Å². The summed E-state index contributed by atoms with van der Waals surface area (Å²) in [6, 6.07) is 2.22. The number of hydrogen-bond acceptors (Lipinski definition) is 2. The van der Waals surface area contributed by atoms with Crippen LogP contribution in [0.3, 0.4) is 0 Å². The summed E-state index contributed by atoms with van der Waals surface area (Å²) in [4.78, 5) is 0. The van der Waals surface area contributed by atoms with Crippen molar-refractivity contribution in [3.8, 4) is 0 Å². The number of aromatic nitrogens is 2. The van der Waals surface area contributed by atoms with Crippen LogP contribution < -0.4 is 5.32 Å². The van der Waals surface area contributed by atoms with E-state index in [1.807, 2.05) is 11.7 Å². The lowest BCUT2D eigenvalue weighted by molar-refractivity contribution is 0.466. The number of nitrogens with one attached hydrogen (secondary N) is 1. The molecule has 2 atom stereocenters. The molecule has 3 heteroatoms. The number of aryl methyl sites for hydroxylation is 2. The number of hydrogen-bond donors (Lipinski definition) is 1. The summed E-state index contributed by atoms with van der Waals surface area (Å²) in [5, 5.41) is 7.83. The zero-order valence-electron chi connectivity index (χ0n) is 9.95. The third kappa shape index (κ3) is 2.40. The van der Waals surface area contributed by atoms with Gasteiger partial charge in [-0.2, -0.15) is 5.10 Å². The molecule has 0 aliphatic carbocycles. The molecule has 0 radical (unpaired) electrons. The zero-order valence-corrected chi connectivity index (χ0v) is 9.95. The van der Waals surface area contributed by atoms with Crippen molar-refractivity contribution in [2.75, 3.05) is 13.1 Å². The minimum absolute atomic E-state index is 0.626. The molecular formula is C12H21N3. The van der Waals surface area contributed by atoms with Crippen LogP contribution in [0.25, 0.3) is 0 Å². The van der Waals surface area contributed by atoms with Gasteiger partial charge in [0.25, 0.3) is 0 Å². The number of rotatable bonds is 3. The molecule has 1 aliphatic rings. The van der Waals surface area contributed by atoms with Crippen LogP contribution in [0, 0.1) is 12.8 Å². The van der Waals surface area contributed by atoms with Gasteiger partial charge in [-0.25, -0.2) is 0 Å². The van der Waals surface area contributed by atoms with Gasteiger partial charge in [-0.05, 0) is 50.8 Å². The highest BCUT2D eigenvalue weighted by Crippen LogP contribution is 2.26. The lowest BCUT2D eigenvalue weighted by atomic mass is 9.93. The summed E-state index contributed by atoms with van der Waals surface area (Å²) in [6.07, 6.45) is 2.62. The summed E-state index contributed by atoms with van der Waals surface area (Å²) in [6.45, 7) is 6.77. The Morgan fingerprint density at radius 2 is 2.47 bits per heavy atom. The van der Waals surface area contributed by atoms with Gasteiger partial charge in [0.2, 0.25) is 0 Å². The van der Waals surface area contributed by atoms with Gasteiger partial charge in [0.05, 0.1) is 5.69 Å². The van der Waals surface area contributed by atoms with E-state index < -0.39 is 0 Å². The third-order valence-electron chi connectivity index (χ3n) is 3.39. The van der Waals surface area contributed by atoms with Crippen LogP contribution >= 0.6 is 0 Å². The Hall–Kier alpha value is -0.830. The molecule has 0 saturated carbocycles. The van der Waals surface area contributed by atoms with Crippen LogP contribution in [0.15, 0.2) is 6.07 Å². The molecule has 0 spiro atoms. The van der Waals surface area contributed by atoms with Gasteiger partial charge in [-0.3, -0.25) is 4.68 Å². The van der Waals surface area contributed by atoms with E-state index in [4.69, 9.17) is 0 Å². The van der Waals surface area contributed by atoms with Gasteiger partial charge in [-0.1, -0.05) is 6.92 Å². The summed E-state index contributed by atoms with van der Waals surface area (Å²) in [5.74, 6) is 1.48. The number of nitrogens with zero attached hydrogens (tertiary/aromatic N) is 2. The maximum atomic E-state index is 4.41. The minimum atomic E-state index is 0.626. The highest BCUT2D eigenvalue weighted by Gasteiger charge is 2.20. The molecule has 1 aliphatic heterocycles. The maximum absolute atomic E-state index is 4.41. The molecule has 1 fully saturated rings. The first-order valence-corrected chi connectivity index (χ1v) is 5.88. The molecule has 3 nitrogen and oxygen atoms in total. The lowest BCUT2D eigenvalue weighted by Gasteiger charge is -2.15. The van der Waals surface area contributed by atoms with Crippen molar-refractivity contribution < 1.29 is 0 Å². The first-order valence-electron chi connectivity index (χ1n) is 5.88. The van der Waals surface area contributed by atoms with Gasteiger partial charge >= 0.3 is 0 Å². The monoisotopic (exact) mass is 207 g/mol. The van der Waals surface area contributed by atoms with E-state index in [-0.39, 0.29) is 0 Å². The van der Waals surface area contributed by atoms with Crippen molar-refractivity contribution in [2.24, 2.45) is 13.0 Å². The van der Waals surface area contributed by atoms with Crippen LogP contribution in [0.2, 0.25) is 0 Å². The molecule has 15 heavy (non-hydrogen) atoms. The Labute approximate surface area is 91.9 Å². The normalized spacial score (nSPS) is 23.3. The van der Waals surface area contributed by atoms with Crippen molar-refractivity contribution in [1.29, 1.82) is 0 Å². The molecule has 1 aromatic heterocycles. The molecule has 1 aromatic rings. The minimum Gasteiger partial charge on any atom is -0.316 e. The zero-order chi connectivity index (χ0) is 10.8. The average molecular weight is 207 g/mol. The van der Waals surface area contributed by atoms with Crippen LogP contribution in [0.4, 0.5) is 0 Å². The summed E-state index contributed by atoms with van der Waals surface area (Å²) in [7, 11) is 2.05. The van der Waals surface area contributed by atoms with E-state index in [0.717, 1.165) is 11.6 Å². The van der Waals surface area contributed by atoms with E-state index in [1.165, 1.54) is 31.6 Å². The highest BCUT2D eigenvalue weighted by molar-refractivity contribution is 5.13. The molecule has 0 amide bonds. The van der Waals surface area contributed by atoms with Crippen LogP contribution in [0.1, 0.15) is 37.1 Å². The van der Waals surface area contributed by atoms with E-state index >= 15 is 0 Å². The van der Waals surface area contributed by atoms with Crippen molar-refractivity contribution in [3.63, 3.8) is 0 Å². The quantitative estimate of drug-likeness (QED) is 0.819. The van der Waals surface area contributed by atoms with E-state index in [9.17, 15) is 0 Å². The van der Waals surface area contributed by atoms with Crippen LogP contribution in [-0.2, 0) is 7.05 Å². The van der Waals surface area contributed by atoms with Gasteiger partial charge in [0.15, 0.2) is 0 Å². The highest BCUT2D eigenvalue weighted by atomic mass is 15.3. The molecule has 0 aromatic carbocycles. The van der Waals surface area contributed by atoms with E-state index in [2.05, 4.69) is 30.3 Å². The fraction of sp³-hybridized carbons (Fsp3) is 0.750. The second-order valence-electron chi connectivity index (χ2n) is 4.83. The van der Waals surface area contributed by atoms with Crippen LogP contribution in [-0.4, -0.2) is 22.9 Å². The molecule has 84 valence electrons. The van der Waals surface area contributed by atoms with Crippen molar-refractivity contribution >= 4 is 0 Å². The topological polar surface area (TPSA) is 29.9 Å². The van der Waals surface area contributed by atoms with E-state index in [1.54, 1.807) is 0 Å². The second kappa shape index (κ2) is 4.35. The average Bonchev–Trinajstić information content (AvgIpc) is 2.75. The molecule has 0 bridgehead atoms. The lowest BCUT2D eigenvalue weighted by Crippen LogP contribution is -2.12. The SMILES string of the molecule is Cc1cc(C(C)CC2CCNC2)n(C)n1. The van der Waals surface area contributed by atoms with Crippen molar-refractivity contribution in [2.45, 2.75) is 32.6 Å². The first-order chi connectivity index (χ1) is 7.16. The molecule has 1 saturated heterocycles. The van der Waals surface area contributed by atoms with Crippen LogP contribution in [0.5, 0.6) is 0 Å². The smallest absolute Gasteiger partial charge is 0.0596 e. The first kappa shape index (κ1) is 10.7. The van der Waals surface area contributed by atoms with Gasteiger partial charge in [0.1, 0.15) is 0 Å². The Bertz CT molecular complexity index is 324. The third-order valence-corrected chi connectivity index (χ3v) is 3.39. The summed E-state index contributed by atoms with van der Waals surface area (Å²) < 4.78 is 2.03. The Balaban J connectivity index is 2.00.